The summed E-state index contributed by atoms with van der Waals surface area (Å²) in [5.41, 5.74) is 0.826. The molecule has 0 saturated heterocycles. The van der Waals surface area contributed by atoms with Crippen molar-refractivity contribution in [2.24, 2.45) is 5.41 Å². The Labute approximate surface area is 183 Å². The van der Waals surface area contributed by atoms with E-state index >= 15 is 0 Å². The number of rotatable bonds is 6. The second kappa shape index (κ2) is 10.1. The third kappa shape index (κ3) is 6.54. The van der Waals surface area contributed by atoms with Gasteiger partial charge in [0.1, 0.15) is 12.4 Å². The molecule has 1 atom stereocenters. The van der Waals surface area contributed by atoms with E-state index in [1.165, 1.54) is 30.3 Å². The molecule has 0 spiro atoms. The van der Waals surface area contributed by atoms with Crippen molar-refractivity contribution < 1.29 is 24.7 Å². The Hall–Kier alpha value is -3.40. The van der Waals surface area contributed by atoms with E-state index in [4.69, 9.17) is 10.2 Å². The van der Waals surface area contributed by atoms with Crippen molar-refractivity contribution >= 4 is 29.4 Å². The molecule has 0 amide bonds. The van der Waals surface area contributed by atoms with E-state index < -0.39 is 22.3 Å². The van der Waals surface area contributed by atoms with Gasteiger partial charge in [0.25, 0.3) is 0 Å². The fraction of sp³-hybridized carbons (Fsp3) is 0.286. The molecule has 3 rings (SSSR count). The largest absolute Gasteiger partial charge is 0.481 e. The summed E-state index contributed by atoms with van der Waals surface area (Å²) in [5, 5.41) is 32.2. The lowest BCUT2D eigenvalue weighted by Gasteiger charge is -2.25. The van der Waals surface area contributed by atoms with Gasteiger partial charge in [-0.2, -0.15) is 5.10 Å². The highest BCUT2D eigenvalue weighted by molar-refractivity contribution is 7.98. The molecule has 31 heavy (non-hydrogen) atoms. The van der Waals surface area contributed by atoms with Crippen LogP contribution in [0.15, 0.2) is 64.9 Å². The van der Waals surface area contributed by atoms with Crippen molar-refractivity contribution in [2.45, 2.75) is 31.7 Å². The molecule has 1 heterocycles. The molecular weight excluding hydrogens is 422 g/mol. The van der Waals surface area contributed by atoms with Crippen molar-refractivity contribution in [1.82, 2.24) is 9.78 Å². The smallest absolute Gasteiger partial charge is 0.331 e. The van der Waals surface area contributed by atoms with Crippen LogP contribution in [-0.4, -0.2) is 43.1 Å². The lowest BCUT2D eigenvalue weighted by atomic mass is 9.78. The van der Waals surface area contributed by atoms with Crippen molar-refractivity contribution in [3.8, 4) is 0 Å². The molecule has 0 bridgehead atoms. The van der Waals surface area contributed by atoms with Crippen molar-refractivity contribution in [3.05, 3.63) is 75.6 Å². The van der Waals surface area contributed by atoms with Gasteiger partial charge in [-0.1, -0.05) is 23.8 Å². The normalized spacial score (nSPS) is 17.6. The van der Waals surface area contributed by atoms with Crippen LogP contribution in [0.4, 0.5) is 5.69 Å². The zero-order chi connectivity index (χ0) is 23.2. The van der Waals surface area contributed by atoms with Gasteiger partial charge < -0.3 is 10.2 Å². The standard InChI is InChI=1S/C11H11N3O2S.C10H12O4/c1-17-11-4-2-9(3-5-11)7-13-8-10(6-12-13)14(15)16;1-6-3-7(8(11)12)5-10(2,4-6)9(13)14/h2-6,8H,7H2,1H3;3-4H,5H2,1-2H3,(H,11,12)(H,13,14). The molecule has 0 aliphatic heterocycles. The number of hydrogen-bond donors (Lipinski definition) is 2. The number of hydrogen-bond acceptors (Lipinski definition) is 6. The fourth-order valence-corrected chi connectivity index (χ4v) is 3.45. The Bertz CT molecular complexity index is 1040. The topological polar surface area (TPSA) is 136 Å². The molecule has 10 heteroatoms. The number of aliphatic carboxylic acids is 2. The maximum atomic E-state index is 10.9. The number of nitro groups is 1. The van der Waals surface area contributed by atoms with Gasteiger partial charge in [0.2, 0.25) is 0 Å². The van der Waals surface area contributed by atoms with E-state index in [0.29, 0.717) is 12.1 Å². The Morgan fingerprint density at radius 2 is 1.94 bits per heavy atom. The van der Waals surface area contributed by atoms with Crippen molar-refractivity contribution in [1.29, 1.82) is 0 Å². The van der Waals surface area contributed by atoms with Gasteiger partial charge in [-0.3, -0.25) is 19.6 Å². The van der Waals surface area contributed by atoms with Gasteiger partial charge in [-0.25, -0.2) is 4.79 Å². The number of carboxylic acids is 2. The number of carboxylic acid groups (broad SMARTS) is 2. The molecule has 2 N–H and O–H groups in total. The summed E-state index contributed by atoms with van der Waals surface area (Å²) in [5.74, 6) is -2.05. The summed E-state index contributed by atoms with van der Waals surface area (Å²) in [4.78, 5) is 32.9. The van der Waals surface area contributed by atoms with E-state index in [0.717, 1.165) is 5.56 Å². The number of allylic oxidation sites excluding steroid dienone is 2. The number of nitrogens with zero attached hydrogens (tertiary/aromatic N) is 3. The third-order valence-electron chi connectivity index (χ3n) is 4.60. The third-order valence-corrected chi connectivity index (χ3v) is 5.35. The lowest BCUT2D eigenvalue weighted by molar-refractivity contribution is -0.385. The SMILES string of the molecule is CC1=CC(C)(C(=O)O)CC(C(=O)O)=C1.CSc1ccc(Cn2cc([N+](=O)[O-])cn2)cc1. The summed E-state index contributed by atoms with van der Waals surface area (Å²) in [7, 11) is 0. The fourth-order valence-electron chi connectivity index (χ4n) is 3.04. The van der Waals surface area contributed by atoms with Gasteiger partial charge in [-0.05, 0) is 50.3 Å². The summed E-state index contributed by atoms with van der Waals surface area (Å²) >= 11 is 1.68. The molecule has 9 nitrogen and oxygen atoms in total. The minimum Gasteiger partial charge on any atom is -0.481 e. The van der Waals surface area contributed by atoms with Crippen LogP contribution in [0, 0.1) is 15.5 Å². The van der Waals surface area contributed by atoms with Crippen LogP contribution in [0.5, 0.6) is 0 Å². The number of carbonyl (C=O) groups is 2. The summed E-state index contributed by atoms with van der Waals surface area (Å²) in [6.45, 7) is 3.76. The molecule has 2 aromatic rings. The molecule has 1 unspecified atom stereocenters. The van der Waals surface area contributed by atoms with Crippen LogP contribution in [0.2, 0.25) is 0 Å². The number of benzene rings is 1. The molecule has 1 aromatic carbocycles. The minimum atomic E-state index is -1.09. The Kier molecular flexibility index (Phi) is 7.76. The maximum absolute atomic E-state index is 10.9. The Morgan fingerprint density at radius 3 is 2.42 bits per heavy atom. The van der Waals surface area contributed by atoms with Crippen LogP contribution in [0.25, 0.3) is 0 Å². The second-order valence-electron chi connectivity index (χ2n) is 7.26. The first kappa shape index (κ1) is 23.9. The van der Waals surface area contributed by atoms with Crippen molar-refractivity contribution in [3.63, 3.8) is 0 Å². The molecule has 1 aromatic heterocycles. The van der Waals surface area contributed by atoms with E-state index in [-0.39, 0.29) is 17.7 Å². The lowest BCUT2D eigenvalue weighted by Crippen LogP contribution is -2.29. The Balaban J connectivity index is 0.000000225. The van der Waals surface area contributed by atoms with Crippen molar-refractivity contribution in [2.75, 3.05) is 6.26 Å². The van der Waals surface area contributed by atoms with E-state index in [9.17, 15) is 19.7 Å². The first-order valence-corrected chi connectivity index (χ1v) is 10.4. The zero-order valence-electron chi connectivity index (χ0n) is 17.3. The number of aromatic nitrogens is 2. The van der Waals surface area contributed by atoms with Crippen LogP contribution in [-0.2, 0) is 16.1 Å². The summed E-state index contributed by atoms with van der Waals surface area (Å²) in [6, 6.07) is 8.05. The quantitative estimate of drug-likeness (QED) is 0.387. The molecule has 0 fully saturated rings. The highest BCUT2D eigenvalue weighted by Crippen LogP contribution is 2.34. The minimum absolute atomic E-state index is 0.0192. The van der Waals surface area contributed by atoms with Crippen LogP contribution >= 0.6 is 11.8 Å². The average molecular weight is 445 g/mol. The molecule has 1 aliphatic rings. The predicted octanol–water partition coefficient (Wildman–Crippen LogP) is 4.00. The van der Waals surface area contributed by atoms with Gasteiger partial charge in [0.05, 0.1) is 16.9 Å². The number of thioether (sulfide) groups is 1. The van der Waals surface area contributed by atoms with Gasteiger partial charge in [0, 0.05) is 10.5 Å². The van der Waals surface area contributed by atoms with Crippen LogP contribution < -0.4 is 0 Å². The van der Waals surface area contributed by atoms with Gasteiger partial charge >= 0.3 is 17.6 Å². The van der Waals surface area contributed by atoms with Gasteiger partial charge in [-0.15, -0.1) is 11.8 Å². The first-order valence-electron chi connectivity index (χ1n) is 9.20. The van der Waals surface area contributed by atoms with E-state index in [1.54, 1.807) is 29.4 Å². The molecular formula is C21H23N3O6S. The highest BCUT2D eigenvalue weighted by Gasteiger charge is 2.35. The molecule has 0 saturated carbocycles. The van der Waals surface area contributed by atoms with Gasteiger partial charge in [0.15, 0.2) is 0 Å². The highest BCUT2D eigenvalue weighted by atomic mass is 32.2. The van der Waals surface area contributed by atoms with Crippen LogP contribution in [0.3, 0.4) is 0 Å². The molecule has 1 aliphatic carbocycles. The molecule has 164 valence electrons. The van der Waals surface area contributed by atoms with Crippen LogP contribution in [0.1, 0.15) is 25.8 Å². The average Bonchev–Trinajstić information content (AvgIpc) is 3.17. The maximum Gasteiger partial charge on any atom is 0.331 e. The predicted molar refractivity (Wildman–Crippen MR) is 116 cm³/mol. The molecule has 0 radical (unpaired) electrons. The summed E-state index contributed by atoms with van der Waals surface area (Å²) < 4.78 is 1.56. The zero-order valence-corrected chi connectivity index (χ0v) is 18.1. The van der Waals surface area contributed by atoms with E-state index in [1.807, 2.05) is 30.5 Å². The first-order chi connectivity index (χ1) is 14.5. The summed E-state index contributed by atoms with van der Waals surface area (Å²) in [6.07, 6.45) is 7.84. The Morgan fingerprint density at radius 1 is 1.29 bits per heavy atom. The second-order valence-corrected chi connectivity index (χ2v) is 8.14. The monoisotopic (exact) mass is 445 g/mol. The van der Waals surface area contributed by atoms with E-state index in [2.05, 4.69) is 5.10 Å².